The highest BCUT2D eigenvalue weighted by atomic mass is 16.7. The van der Waals surface area contributed by atoms with Gasteiger partial charge in [-0.15, -0.1) is 0 Å². The minimum Gasteiger partial charge on any atom is -0.493 e. The minimum absolute atomic E-state index is 0.249. The summed E-state index contributed by atoms with van der Waals surface area (Å²) >= 11 is 0. The maximum absolute atomic E-state index is 11.3. The monoisotopic (exact) mass is 441 g/mol. The molecule has 0 bridgehead atoms. The molecule has 5 aromatic rings. The number of rotatable bonds is 7. The van der Waals surface area contributed by atoms with E-state index in [0.717, 1.165) is 44.1 Å². The molecule has 2 aromatic heterocycles. The summed E-state index contributed by atoms with van der Waals surface area (Å²) in [5.41, 5.74) is 3.53. The average Bonchev–Trinajstić information content (AvgIpc) is 3.39. The number of ether oxygens (including phenoxy) is 2. The number of hydrogen-bond acceptors (Lipinski definition) is 4. The largest absolute Gasteiger partial charge is 0.512 e. The second-order valence-corrected chi connectivity index (χ2v) is 7.86. The van der Waals surface area contributed by atoms with E-state index < -0.39 is 6.16 Å². The van der Waals surface area contributed by atoms with Gasteiger partial charge in [-0.1, -0.05) is 54.6 Å². The molecule has 2 N–H and O–H groups in total. The number of carbonyl (C=O) groups is 1. The Labute approximate surface area is 190 Å². The Morgan fingerprint density at radius 3 is 2.67 bits per heavy atom. The molecule has 166 valence electrons. The Bertz CT molecular complexity index is 1450. The van der Waals surface area contributed by atoms with Crippen molar-refractivity contribution in [3.05, 3.63) is 78.6 Å². The molecule has 3 aromatic carbocycles. The van der Waals surface area contributed by atoms with Crippen LogP contribution in [0.15, 0.2) is 73.1 Å². The summed E-state index contributed by atoms with van der Waals surface area (Å²) in [5.74, 6) is 1.09. The van der Waals surface area contributed by atoms with Crippen LogP contribution in [0.3, 0.4) is 0 Å². The summed E-state index contributed by atoms with van der Waals surface area (Å²) in [6.07, 6.45) is 3.65. The standard InChI is InChI=1S/C26H23N3O4/c1-29-16-18(15-27-29)20-10-5-11-21-22(25(28-24(20)21)33-26(30)31)12-6-14-32-23-13-4-8-17-7-2-3-9-19(17)23/h2-5,7-11,13,15-16,28H,6,12,14H2,1H3,(H,30,31). The molecule has 7 heteroatoms. The van der Waals surface area contributed by atoms with Gasteiger partial charge < -0.3 is 19.6 Å². The van der Waals surface area contributed by atoms with Gasteiger partial charge in [0, 0.05) is 40.7 Å². The van der Waals surface area contributed by atoms with Crippen LogP contribution >= 0.6 is 0 Å². The lowest BCUT2D eigenvalue weighted by Crippen LogP contribution is -2.06. The Morgan fingerprint density at radius 2 is 1.85 bits per heavy atom. The van der Waals surface area contributed by atoms with Crippen molar-refractivity contribution in [2.75, 3.05) is 6.61 Å². The number of benzene rings is 3. The summed E-state index contributed by atoms with van der Waals surface area (Å²) < 4.78 is 12.9. The van der Waals surface area contributed by atoms with E-state index in [0.29, 0.717) is 19.4 Å². The normalized spacial score (nSPS) is 11.2. The molecule has 5 rings (SSSR count). The zero-order chi connectivity index (χ0) is 22.8. The number of aromatic amines is 1. The number of nitrogens with zero attached hydrogens (tertiary/aromatic N) is 2. The quantitative estimate of drug-likeness (QED) is 0.246. The van der Waals surface area contributed by atoms with Crippen LogP contribution in [0.4, 0.5) is 4.79 Å². The van der Waals surface area contributed by atoms with Crippen LogP contribution in [0.25, 0.3) is 32.8 Å². The van der Waals surface area contributed by atoms with Crippen LogP contribution in [-0.2, 0) is 13.5 Å². The fourth-order valence-corrected chi connectivity index (χ4v) is 4.23. The lowest BCUT2D eigenvalue weighted by Gasteiger charge is -2.09. The van der Waals surface area contributed by atoms with Crippen molar-refractivity contribution in [2.45, 2.75) is 12.8 Å². The van der Waals surface area contributed by atoms with Crippen LogP contribution in [-0.4, -0.2) is 32.6 Å². The van der Waals surface area contributed by atoms with Gasteiger partial charge in [0.2, 0.25) is 5.88 Å². The molecular formula is C26H23N3O4. The molecule has 33 heavy (non-hydrogen) atoms. The molecule has 0 atom stereocenters. The third kappa shape index (κ3) is 4.13. The molecule has 0 fully saturated rings. The molecule has 7 nitrogen and oxygen atoms in total. The van der Waals surface area contributed by atoms with Gasteiger partial charge in [0.1, 0.15) is 5.75 Å². The van der Waals surface area contributed by atoms with Gasteiger partial charge in [-0.05, 0) is 24.3 Å². The van der Waals surface area contributed by atoms with Gasteiger partial charge in [-0.25, -0.2) is 4.79 Å². The Kier molecular flexibility index (Phi) is 5.44. The number of aromatic nitrogens is 3. The Balaban J connectivity index is 1.40. The second kappa shape index (κ2) is 8.70. The van der Waals surface area contributed by atoms with Gasteiger partial charge in [-0.2, -0.15) is 5.10 Å². The van der Waals surface area contributed by atoms with Crippen molar-refractivity contribution in [3.63, 3.8) is 0 Å². The van der Waals surface area contributed by atoms with E-state index in [2.05, 4.69) is 22.2 Å². The van der Waals surface area contributed by atoms with Crippen molar-refractivity contribution in [1.82, 2.24) is 14.8 Å². The van der Waals surface area contributed by atoms with Gasteiger partial charge in [0.25, 0.3) is 0 Å². The summed E-state index contributed by atoms with van der Waals surface area (Å²) in [4.78, 5) is 14.5. The number of H-pyrrole nitrogens is 1. The first-order chi connectivity index (χ1) is 16.1. The molecule has 0 saturated carbocycles. The Hall–Kier alpha value is -4.26. The molecule has 2 heterocycles. The van der Waals surface area contributed by atoms with E-state index >= 15 is 0 Å². The first-order valence-corrected chi connectivity index (χ1v) is 10.7. The van der Waals surface area contributed by atoms with Gasteiger partial charge >= 0.3 is 6.16 Å². The zero-order valence-corrected chi connectivity index (χ0v) is 18.1. The van der Waals surface area contributed by atoms with E-state index in [-0.39, 0.29) is 5.88 Å². The molecule has 0 unspecified atom stereocenters. The smallest absolute Gasteiger partial charge is 0.493 e. The second-order valence-electron chi connectivity index (χ2n) is 7.86. The van der Waals surface area contributed by atoms with Crippen LogP contribution < -0.4 is 9.47 Å². The number of nitrogens with one attached hydrogen (secondary N) is 1. The number of fused-ring (bicyclic) bond motifs is 2. The number of carboxylic acid groups (broad SMARTS) is 1. The highest BCUT2D eigenvalue weighted by Crippen LogP contribution is 2.35. The van der Waals surface area contributed by atoms with E-state index in [1.165, 1.54) is 0 Å². The van der Waals surface area contributed by atoms with E-state index in [1.54, 1.807) is 10.9 Å². The molecule has 0 aliphatic heterocycles. The molecule has 0 amide bonds. The lowest BCUT2D eigenvalue weighted by atomic mass is 10.0. The van der Waals surface area contributed by atoms with Crippen LogP contribution in [0, 0.1) is 0 Å². The molecule has 0 aliphatic rings. The van der Waals surface area contributed by atoms with Crippen molar-refractivity contribution >= 4 is 27.8 Å². The fourth-order valence-electron chi connectivity index (χ4n) is 4.23. The zero-order valence-electron chi connectivity index (χ0n) is 18.1. The maximum atomic E-state index is 11.3. The lowest BCUT2D eigenvalue weighted by molar-refractivity contribution is 0.142. The molecular weight excluding hydrogens is 418 g/mol. The summed E-state index contributed by atoms with van der Waals surface area (Å²) in [6.45, 7) is 0.496. The molecule has 0 aliphatic carbocycles. The van der Waals surface area contributed by atoms with Gasteiger partial charge in [-0.3, -0.25) is 4.68 Å². The first-order valence-electron chi connectivity index (χ1n) is 10.7. The highest BCUT2D eigenvalue weighted by molar-refractivity contribution is 5.97. The first kappa shape index (κ1) is 20.6. The fraction of sp³-hybridized carbons (Fsp3) is 0.154. The summed E-state index contributed by atoms with van der Waals surface area (Å²) in [5, 5.41) is 16.6. The van der Waals surface area contributed by atoms with Crippen LogP contribution in [0.2, 0.25) is 0 Å². The number of aryl methyl sites for hydroxylation is 2. The van der Waals surface area contributed by atoms with E-state index in [9.17, 15) is 9.90 Å². The van der Waals surface area contributed by atoms with E-state index in [4.69, 9.17) is 9.47 Å². The third-order valence-corrected chi connectivity index (χ3v) is 5.69. The van der Waals surface area contributed by atoms with Gasteiger partial charge in [0.05, 0.1) is 18.3 Å². The summed E-state index contributed by atoms with van der Waals surface area (Å²) in [7, 11) is 1.86. The molecule has 0 radical (unpaired) electrons. The molecule has 0 spiro atoms. The minimum atomic E-state index is -1.35. The average molecular weight is 441 g/mol. The SMILES string of the molecule is Cn1cc(-c2cccc3c(CCCOc4cccc5ccccc45)c(OC(=O)O)[nH]c23)cn1. The topological polar surface area (TPSA) is 89.4 Å². The number of hydrogen-bond donors (Lipinski definition) is 2. The van der Waals surface area contributed by atoms with Crippen molar-refractivity contribution < 1.29 is 19.4 Å². The van der Waals surface area contributed by atoms with Crippen LogP contribution in [0.1, 0.15) is 12.0 Å². The van der Waals surface area contributed by atoms with Crippen molar-refractivity contribution in [1.29, 1.82) is 0 Å². The number of para-hydroxylation sites is 1. The highest BCUT2D eigenvalue weighted by Gasteiger charge is 2.18. The molecule has 0 saturated heterocycles. The predicted molar refractivity (Wildman–Crippen MR) is 127 cm³/mol. The van der Waals surface area contributed by atoms with E-state index in [1.807, 2.05) is 61.8 Å². The maximum Gasteiger partial charge on any atom is 0.512 e. The Morgan fingerprint density at radius 1 is 1.06 bits per heavy atom. The van der Waals surface area contributed by atoms with Crippen LogP contribution in [0.5, 0.6) is 11.6 Å². The van der Waals surface area contributed by atoms with Crippen molar-refractivity contribution in [3.8, 4) is 22.8 Å². The van der Waals surface area contributed by atoms with Crippen molar-refractivity contribution in [2.24, 2.45) is 7.05 Å². The predicted octanol–water partition coefficient (Wildman–Crippen LogP) is 5.79. The van der Waals surface area contributed by atoms with Gasteiger partial charge in [0.15, 0.2) is 0 Å². The summed E-state index contributed by atoms with van der Waals surface area (Å²) in [6, 6.07) is 20.0. The third-order valence-electron chi connectivity index (χ3n) is 5.69.